The van der Waals surface area contributed by atoms with Crippen molar-refractivity contribution >= 4 is 67.4 Å². The van der Waals surface area contributed by atoms with Crippen LogP contribution in [0.15, 0.2) is 40.9 Å². The molecule has 6 heteroatoms. The van der Waals surface area contributed by atoms with Crippen LogP contribution in [0.4, 0.5) is 11.4 Å². The van der Waals surface area contributed by atoms with Crippen LogP contribution in [0.3, 0.4) is 0 Å². The second-order valence-corrected chi connectivity index (χ2v) is 6.27. The van der Waals surface area contributed by atoms with Crippen LogP contribution in [-0.4, -0.2) is 5.91 Å². The minimum atomic E-state index is -0.205. The highest BCUT2D eigenvalue weighted by Gasteiger charge is 2.11. The maximum atomic E-state index is 12.2. The molecule has 0 heterocycles. The van der Waals surface area contributed by atoms with Crippen molar-refractivity contribution in [3.05, 3.63) is 55.0 Å². The van der Waals surface area contributed by atoms with Crippen LogP contribution in [0.2, 0.25) is 5.02 Å². The molecule has 0 aromatic heterocycles. The fraction of sp³-hybridized carbons (Fsp3) is 0. The highest BCUT2D eigenvalue weighted by Crippen LogP contribution is 2.24. The third-order valence-electron chi connectivity index (χ3n) is 2.43. The van der Waals surface area contributed by atoms with Gasteiger partial charge in [0.1, 0.15) is 0 Å². The summed E-state index contributed by atoms with van der Waals surface area (Å²) in [6, 6.07) is 10.4. The van der Waals surface area contributed by atoms with Crippen molar-refractivity contribution in [3.63, 3.8) is 0 Å². The van der Waals surface area contributed by atoms with E-state index in [0.29, 0.717) is 22.0 Å². The number of nitrogens with two attached hydrogens (primary N) is 1. The molecule has 0 aliphatic rings. The molecule has 19 heavy (non-hydrogen) atoms. The highest BCUT2D eigenvalue weighted by atomic mass is 127. The van der Waals surface area contributed by atoms with E-state index < -0.39 is 0 Å². The normalized spacial score (nSPS) is 10.3. The molecular formula is C13H9BrClIN2O. The van der Waals surface area contributed by atoms with Gasteiger partial charge < -0.3 is 11.1 Å². The summed E-state index contributed by atoms with van der Waals surface area (Å²) in [5, 5.41) is 3.34. The van der Waals surface area contributed by atoms with E-state index in [0.717, 1.165) is 8.04 Å². The van der Waals surface area contributed by atoms with Gasteiger partial charge in [0.25, 0.3) is 5.91 Å². The predicted molar refractivity (Wildman–Crippen MR) is 90.7 cm³/mol. The fourth-order valence-corrected chi connectivity index (χ4v) is 2.61. The van der Waals surface area contributed by atoms with E-state index >= 15 is 0 Å². The molecule has 0 atom stereocenters. The Morgan fingerprint density at radius 1 is 1.26 bits per heavy atom. The zero-order valence-electron chi connectivity index (χ0n) is 9.58. The number of hydrogen-bond donors (Lipinski definition) is 2. The minimum absolute atomic E-state index is 0.205. The Morgan fingerprint density at radius 2 is 2.00 bits per heavy atom. The Bertz CT molecular complexity index is 649. The van der Waals surface area contributed by atoms with Gasteiger partial charge in [0, 0.05) is 24.4 Å². The van der Waals surface area contributed by atoms with Crippen LogP contribution in [0.5, 0.6) is 0 Å². The SMILES string of the molecule is Nc1ccc(NC(=O)c2cc(Cl)ccc2I)cc1Br. The molecule has 1 amide bonds. The molecule has 0 unspecified atom stereocenters. The maximum Gasteiger partial charge on any atom is 0.256 e. The van der Waals surface area contributed by atoms with E-state index in [1.807, 2.05) is 0 Å². The zero-order valence-corrected chi connectivity index (χ0v) is 14.1. The Kier molecular flexibility index (Phi) is 4.70. The second kappa shape index (κ2) is 6.11. The molecule has 0 radical (unpaired) electrons. The lowest BCUT2D eigenvalue weighted by molar-refractivity contribution is 0.102. The molecule has 2 aromatic carbocycles. The first kappa shape index (κ1) is 14.6. The van der Waals surface area contributed by atoms with Crippen molar-refractivity contribution in [1.29, 1.82) is 0 Å². The first-order chi connectivity index (χ1) is 8.97. The summed E-state index contributed by atoms with van der Waals surface area (Å²) in [6.07, 6.45) is 0. The summed E-state index contributed by atoms with van der Waals surface area (Å²) in [6.45, 7) is 0. The van der Waals surface area contributed by atoms with E-state index in [9.17, 15) is 4.79 Å². The van der Waals surface area contributed by atoms with Crippen LogP contribution >= 0.6 is 50.1 Å². The molecule has 98 valence electrons. The van der Waals surface area contributed by atoms with Gasteiger partial charge in [-0.15, -0.1) is 0 Å². The van der Waals surface area contributed by atoms with Crippen LogP contribution in [-0.2, 0) is 0 Å². The van der Waals surface area contributed by atoms with Gasteiger partial charge in [-0.3, -0.25) is 4.79 Å². The van der Waals surface area contributed by atoms with Crippen LogP contribution in [0.1, 0.15) is 10.4 Å². The van der Waals surface area contributed by atoms with E-state index in [-0.39, 0.29) is 5.91 Å². The van der Waals surface area contributed by atoms with Gasteiger partial charge in [0.05, 0.1) is 5.56 Å². The van der Waals surface area contributed by atoms with E-state index in [1.54, 1.807) is 36.4 Å². The Labute approximate surface area is 137 Å². The monoisotopic (exact) mass is 450 g/mol. The van der Waals surface area contributed by atoms with Crippen LogP contribution < -0.4 is 11.1 Å². The van der Waals surface area contributed by atoms with E-state index in [4.69, 9.17) is 17.3 Å². The van der Waals surface area contributed by atoms with Gasteiger partial charge in [-0.2, -0.15) is 0 Å². The minimum Gasteiger partial charge on any atom is -0.398 e. The number of benzene rings is 2. The third kappa shape index (κ3) is 3.61. The van der Waals surface area contributed by atoms with Gasteiger partial charge in [-0.25, -0.2) is 0 Å². The number of carbonyl (C=O) groups is 1. The van der Waals surface area contributed by atoms with Gasteiger partial charge >= 0.3 is 0 Å². The second-order valence-electron chi connectivity index (χ2n) is 3.81. The number of hydrogen-bond acceptors (Lipinski definition) is 2. The standard InChI is InChI=1S/C13H9BrClIN2O/c14-10-6-8(2-4-12(10)17)18-13(19)9-5-7(15)1-3-11(9)16/h1-6H,17H2,(H,18,19). The topological polar surface area (TPSA) is 55.1 Å². The lowest BCUT2D eigenvalue weighted by Gasteiger charge is -2.08. The number of nitrogen functional groups attached to an aromatic ring is 1. The van der Waals surface area contributed by atoms with Crippen molar-refractivity contribution in [2.75, 3.05) is 11.1 Å². The average molecular weight is 451 g/mol. The summed E-state index contributed by atoms with van der Waals surface area (Å²) in [4.78, 5) is 12.2. The number of anilines is 2. The number of amides is 1. The van der Waals surface area contributed by atoms with Crippen molar-refractivity contribution in [2.24, 2.45) is 0 Å². The Morgan fingerprint density at radius 3 is 2.68 bits per heavy atom. The van der Waals surface area contributed by atoms with Crippen molar-refractivity contribution < 1.29 is 4.79 Å². The quantitative estimate of drug-likeness (QED) is 0.520. The molecule has 2 aromatic rings. The molecule has 0 spiro atoms. The molecule has 3 nitrogen and oxygen atoms in total. The summed E-state index contributed by atoms with van der Waals surface area (Å²) >= 11 is 11.3. The third-order valence-corrected chi connectivity index (χ3v) is 4.29. The van der Waals surface area contributed by atoms with Gasteiger partial charge in [0.15, 0.2) is 0 Å². The lowest BCUT2D eigenvalue weighted by Crippen LogP contribution is -2.13. The molecular weight excluding hydrogens is 442 g/mol. The highest BCUT2D eigenvalue weighted by molar-refractivity contribution is 14.1. The summed E-state index contributed by atoms with van der Waals surface area (Å²) in [7, 11) is 0. The van der Waals surface area contributed by atoms with Crippen LogP contribution in [0.25, 0.3) is 0 Å². The summed E-state index contributed by atoms with van der Waals surface area (Å²) in [5.74, 6) is -0.205. The molecule has 3 N–H and O–H groups in total. The van der Waals surface area contributed by atoms with Gasteiger partial charge in [0.2, 0.25) is 0 Å². The van der Waals surface area contributed by atoms with Crippen molar-refractivity contribution in [1.82, 2.24) is 0 Å². The Hall–Kier alpha value is -0.790. The molecule has 0 saturated carbocycles. The number of carbonyl (C=O) groups excluding carboxylic acids is 1. The smallest absolute Gasteiger partial charge is 0.256 e. The summed E-state index contributed by atoms with van der Waals surface area (Å²) < 4.78 is 1.58. The summed E-state index contributed by atoms with van der Waals surface area (Å²) in [5.41, 5.74) is 7.53. The fourth-order valence-electron chi connectivity index (χ4n) is 1.47. The van der Waals surface area contributed by atoms with Gasteiger partial charge in [-0.05, 0) is 74.9 Å². The number of rotatable bonds is 2. The molecule has 0 aliphatic carbocycles. The van der Waals surface area contributed by atoms with Gasteiger partial charge in [-0.1, -0.05) is 11.6 Å². The lowest BCUT2D eigenvalue weighted by atomic mass is 10.2. The van der Waals surface area contributed by atoms with Crippen molar-refractivity contribution in [3.8, 4) is 0 Å². The predicted octanol–water partition coefficient (Wildman–Crippen LogP) is 4.54. The van der Waals surface area contributed by atoms with Crippen molar-refractivity contribution in [2.45, 2.75) is 0 Å². The molecule has 0 bridgehead atoms. The number of halogens is 3. The van der Waals surface area contributed by atoms with E-state index in [2.05, 4.69) is 43.8 Å². The maximum absolute atomic E-state index is 12.2. The molecule has 0 aliphatic heterocycles. The molecule has 0 fully saturated rings. The molecule has 2 rings (SSSR count). The van der Waals surface area contributed by atoms with E-state index in [1.165, 1.54) is 0 Å². The number of nitrogens with one attached hydrogen (secondary N) is 1. The zero-order chi connectivity index (χ0) is 14.0. The Balaban J connectivity index is 2.25. The average Bonchev–Trinajstić information content (AvgIpc) is 2.36. The van der Waals surface area contributed by atoms with Crippen LogP contribution in [0, 0.1) is 3.57 Å². The largest absolute Gasteiger partial charge is 0.398 e. The first-order valence-corrected chi connectivity index (χ1v) is 7.54. The molecule has 0 saturated heterocycles. The first-order valence-electron chi connectivity index (χ1n) is 5.29.